The Balaban J connectivity index is 1.61. The second-order valence-electron chi connectivity index (χ2n) is 9.46. The maximum atomic E-state index is 13.9. The van der Waals surface area contributed by atoms with Crippen molar-refractivity contribution in [3.05, 3.63) is 88.5 Å². The summed E-state index contributed by atoms with van der Waals surface area (Å²) in [5, 5.41) is 62.3. The molecule has 2 heterocycles. The van der Waals surface area contributed by atoms with E-state index in [0.717, 1.165) is 6.07 Å². The first-order valence-electron chi connectivity index (χ1n) is 12.0. The van der Waals surface area contributed by atoms with Crippen LogP contribution in [0.4, 0.5) is 0 Å². The average Bonchev–Trinajstić information content (AvgIpc) is 3.37. The van der Waals surface area contributed by atoms with Gasteiger partial charge in [0.15, 0.2) is 16.9 Å². The standard InChI is InChI=1S/C30H22O10/c1-38-27-21(35)7-14(8-22(27)36)5-6-15-9-18(32)12-23-25(15)30(29(37)40-23)26-20(34)11-19(33)13-24(26)39-28(30)16-3-2-4-17(31)10-16/h2-13,28,31-36H,1H3/b6-5+/t28-,30+/m0/s1. The molecule has 0 saturated carbocycles. The highest BCUT2D eigenvalue weighted by atomic mass is 16.6. The first-order chi connectivity index (χ1) is 19.1. The number of phenolic OH excluding ortho intramolecular Hbond substituents is 6. The van der Waals surface area contributed by atoms with E-state index in [2.05, 4.69) is 0 Å². The van der Waals surface area contributed by atoms with Gasteiger partial charge < -0.3 is 44.8 Å². The lowest BCUT2D eigenvalue weighted by molar-refractivity contribution is -0.139. The Labute approximate surface area is 226 Å². The van der Waals surface area contributed by atoms with Gasteiger partial charge in [-0.05, 0) is 47.0 Å². The highest BCUT2D eigenvalue weighted by Crippen LogP contribution is 2.63. The number of methoxy groups -OCH3 is 1. The number of fused-ring (bicyclic) bond motifs is 4. The molecular formula is C30H22O10. The van der Waals surface area contributed by atoms with Crippen molar-refractivity contribution in [3.63, 3.8) is 0 Å². The smallest absolute Gasteiger partial charge is 0.331 e. The molecule has 202 valence electrons. The van der Waals surface area contributed by atoms with Gasteiger partial charge in [-0.2, -0.15) is 0 Å². The van der Waals surface area contributed by atoms with Gasteiger partial charge in [0.1, 0.15) is 40.6 Å². The van der Waals surface area contributed by atoms with E-state index in [1.54, 1.807) is 12.1 Å². The summed E-state index contributed by atoms with van der Waals surface area (Å²) in [4.78, 5) is 13.9. The van der Waals surface area contributed by atoms with Gasteiger partial charge in [-0.25, -0.2) is 0 Å². The van der Waals surface area contributed by atoms with Crippen LogP contribution < -0.4 is 14.2 Å². The molecule has 0 aromatic heterocycles. The number of ether oxygens (including phenoxy) is 3. The van der Waals surface area contributed by atoms with Crippen LogP contribution in [0.25, 0.3) is 12.2 Å². The molecule has 1 spiro atoms. The number of rotatable bonds is 4. The first kappa shape index (κ1) is 24.8. The molecule has 40 heavy (non-hydrogen) atoms. The van der Waals surface area contributed by atoms with Crippen molar-refractivity contribution in [1.29, 1.82) is 0 Å². The van der Waals surface area contributed by atoms with Crippen LogP contribution >= 0.6 is 0 Å². The fourth-order valence-corrected chi connectivity index (χ4v) is 5.54. The van der Waals surface area contributed by atoms with Crippen molar-refractivity contribution >= 4 is 18.1 Å². The monoisotopic (exact) mass is 542 g/mol. The van der Waals surface area contributed by atoms with Crippen LogP contribution in [-0.2, 0) is 10.2 Å². The number of esters is 1. The maximum Gasteiger partial charge on any atom is 0.331 e. The normalized spacial score (nSPS) is 18.9. The third kappa shape index (κ3) is 3.53. The lowest BCUT2D eigenvalue weighted by atomic mass is 9.68. The largest absolute Gasteiger partial charge is 0.508 e. The van der Waals surface area contributed by atoms with Gasteiger partial charge in [0.2, 0.25) is 5.75 Å². The molecule has 0 saturated heterocycles. The zero-order chi connectivity index (χ0) is 28.3. The molecule has 0 fully saturated rings. The minimum absolute atomic E-state index is 0.0131. The van der Waals surface area contributed by atoms with E-state index in [4.69, 9.17) is 14.2 Å². The third-order valence-corrected chi connectivity index (χ3v) is 7.04. The van der Waals surface area contributed by atoms with Crippen LogP contribution in [0.3, 0.4) is 0 Å². The summed E-state index contributed by atoms with van der Waals surface area (Å²) in [6, 6.07) is 13.8. The van der Waals surface area contributed by atoms with Crippen LogP contribution in [0.15, 0.2) is 60.7 Å². The van der Waals surface area contributed by atoms with Crippen LogP contribution in [0.1, 0.15) is 33.9 Å². The van der Waals surface area contributed by atoms with Crippen LogP contribution in [-0.4, -0.2) is 43.7 Å². The Morgan fingerprint density at radius 1 is 0.775 bits per heavy atom. The Hall–Kier alpha value is -5.51. The summed E-state index contributed by atoms with van der Waals surface area (Å²) in [5.74, 6) is -2.48. The van der Waals surface area contributed by atoms with Crippen molar-refractivity contribution in [2.75, 3.05) is 7.11 Å². The molecule has 0 radical (unpaired) electrons. The fourth-order valence-electron chi connectivity index (χ4n) is 5.54. The molecule has 6 N–H and O–H groups in total. The number of carbonyl (C=O) groups is 1. The first-order valence-corrected chi connectivity index (χ1v) is 12.0. The van der Waals surface area contributed by atoms with Crippen molar-refractivity contribution in [3.8, 4) is 51.7 Å². The van der Waals surface area contributed by atoms with Crippen molar-refractivity contribution < 1.29 is 49.6 Å². The van der Waals surface area contributed by atoms with Gasteiger partial charge in [0.25, 0.3) is 0 Å². The van der Waals surface area contributed by atoms with Crippen LogP contribution in [0, 0.1) is 0 Å². The molecule has 4 aromatic carbocycles. The van der Waals surface area contributed by atoms with Crippen LogP contribution in [0.2, 0.25) is 0 Å². The Kier molecular flexibility index (Phi) is 5.44. The minimum atomic E-state index is -1.81. The second kappa shape index (κ2) is 8.77. The minimum Gasteiger partial charge on any atom is -0.508 e. The summed E-state index contributed by atoms with van der Waals surface area (Å²) >= 11 is 0. The summed E-state index contributed by atoms with van der Waals surface area (Å²) in [6.45, 7) is 0. The zero-order valence-electron chi connectivity index (χ0n) is 20.8. The summed E-state index contributed by atoms with van der Waals surface area (Å²) in [7, 11) is 1.30. The van der Waals surface area contributed by atoms with E-state index >= 15 is 0 Å². The summed E-state index contributed by atoms with van der Waals surface area (Å²) in [5.41, 5.74) is -0.470. The molecule has 6 rings (SSSR count). The number of phenols is 6. The average molecular weight is 542 g/mol. The number of hydrogen-bond donors (Lipinski definition) is 6. The lowest BCUT2D eigenvalue weighted by Gasteiger charge is -2.29. The molecule has 2 aliphatic heterocycles. The van der Waals surface area contributed by atoms with Gasteiger partial charge in [-0.15, -0.1) is 0 Å². The van der Waals surface area contributed by atoms with E-state index < -0.39 is 23.2 Å². The predicted molar refractivity (Wildman–Crippen MR) is 141 cm³/mol. The van der Waals surface area contributed by atoms with Gasteiger partial charge in [-0.1, -0.05) is 24.3 Å². The number of hydrogen-bond acceptors (Lipinski definition) is 10. The molecule has 2 atom stereocenters. The fraction of sp³-hybridized carbons (Fsp3) is 0.100. The number of benzene rings is 4. The van der Waals surface area contributed by atoms with Gasteiger partial charge in [-0.3, -0.25) is 4.79 Å². The van der Waals surface area contributed by atoms with E-state index in [1.165, 1.54) is 61.7 Å². The van der Waals surface area contributed by atoms with Crippen LogP contribution in [0.5, 0.6) is 51.7 Å². The molecule has 0 amide bonds. The van der Waals surface area contributed by atoms with E-state index in [0.29, 0.717) is 16.7 Å². The number of carbonyl (C=O) groups excluding carboxylic acids is 1. The summed E-state index contributed by atoms with van der Waals surface area (Å²) < 4.78 is 16.8. The highest BCUT2D eigenvalue weighted by Gasteiger charge is 2.64. The second-order valence-corrected chi connectivity index (χ2v) is 9.46. The zero-order valence-corrected chi connectivity index (χ0v) is 20.8. The van der Waals surface area contributed by atoms with E-state index in [-0.39, 0.29) is 57.1 Å². The number of aromatic hydroxyl groups is 6. The highest BCUT2D eigenvalue weighted by molar-refractivity contribution is 6.00. The third-order valence-electron chi connectivity index (χ3n) is 7.04. The Morgan fingerprint density at radius 3 is 2.17 bits per heavy atom. The van der Waals surface area contributed by atoms with Gasteiger partial charge in [0, 0.05) is 23.8 Å². The molecule has 2 aliphatic rings. The Morgan fingerprint density at radius 2 is 1.48 bits per heavy atom. The SMILES string of the molecule is COc1c(O)cc(/C=C/c2cc(O)cc3c2[C@@]2(C(=O)O3)c3c(O)cc(O)cc3O[C@H]2c2cccc(O)c2)cc1O. The lowest BCUT2D eigenvalue weighted by Crippen LogP contribution is -2.40. The van der Waals surface area contributed by atoms with E-state index in [9.17, 15) is 35.4 Å². The molecule has 10 heteroatoms. The summed E-state index contributed by atoms with van der Waals surface area (Å²) in [6.07, 6.45) is 1.92. The maximum absolute atomic E-state index is 13.9. The quantitative estimate of drug-likeness (QED) is 0.123. The van der Waals surface area contributed by atoms with Gasteiger partial charge in [0.05, 0.1) is 12.7 Å². The molecule has 0 bridgehead atoms. The molecule has 10 nitrogen and oxygen atoms in total. The molecule has 0 unspecified atom stereocenters. The van der Waals surface area contributed by atoms with Crippen molar-refractivity contribution in [1.82, 2.24) is 0 Å². The van der Waals surface area contributed by atoms with Gasteiger partial charge >= 0.3 is 5.97 Å². The molecule has 4 aromatic rings. The van der Waals surface area contributed by atoms with Crippen molar-refractivity contribution in [2.24, 2.45) is 0 Å². The Bertz CT molecular complexity index is 1720. The predicted octanol–water partition coefficient (Wildman–Crippen LogP) is 4.44. The molecule has 0 aliphatic carbocycles. The van der Waals surface area contributed by atoms with Crippen molar-refractivity contribution in [2.45, 2.75) is 11.5 Å². The molecular weight excluding hydrogens is 520 g/mol. The van der Waals surface area contributed by atoms with E-state index in [1.807, 2.05) is 0 Å². The topological polar surface area (TPSA) is 166 Å².